The van der Waals surface area contributed by atoms with Gasteiger partial charge >= 0.3 is 0 Å². The zero-order valence-corrected chi connectivity index (χ0v) is 21.0. The van der Waals surface area contributed by atoms with Crippen LogP contribution >= 0.6 is 11.3 Å². The smallest absolute Gasteiger partial charge is 0.267 e. The number of aromatic nitrogens is 1. The molecule has 6 nitrogen and oxygen atoms in total. The Hall–Kier alpha value is -2.90. The molecule has 3 aromatic rings. The Kier molecular flexibility index (Phi) is 8.47. The van der Waals surface area contributed by atoms with Crippen LogP contribution in [0.25, 0.3) is 10.6 Å². The van der Waals surface area contributed by atoms with E-state index in [1.54, 1.807) is 13.2 Å². The number of nitrogens with zero attached hydrogens (tertiary/aromatic N) is 2. The molecule has 0 unspecified atom stereocenters. The third kappa shape index (κ3) is 6.33. The van der Waals surface area contributed by atoms with E-state index in [9.17, 15) is 4.79 Å². The molecular formula is C26H33N3O3S. The molecule has 0 radical (unpaired) electrons. The van der Waals surface area contributed by atoms with Crippen molar-refractivity contribution < 1.29 is 14.3 Å². The lowest BCUT2D eigenvalue weighted by Gasteiger charge is -2.30. The Morgan fingerprint density at radius 3 is 2.39 bits per heavy atom. The van der Waals surface area contributed by atoms with Gasteiger partial charge in [0.05, 0.1) is 12.8 Å². The van der Waals surface area contributed by atoms with Gasteiger partial charge in [-0.3, -0.25) is 9.69 Å². The predicted molar refractivity (Wildman–Crippen MR) is 136 cm³/mol. The van der Waals surface area contributed by atoms with Crippen LogP contribution in [0.4, 0.5) is 5.69 Å². The Morgan fingerprint density at radius 1 is 1.06 bits per heavy atom. The predicted octanol–water partition coefficient (Wildman–Crippen LogP) is 5.88. The van der Waals surface area contributed by atoms with E-state index < -0.39 is 0 Å². The van der Waals surface area contributed by atoms with Gasteiger partial charge in [-0.25, -0.2) is 4.98 Å². The number of hydrogen-bond donors (Lipinski definition) is 1. The summed E-state index contributed by atoms with van der Waals surface area (Å²) in [5, 5.41) is 3.81. The van der Waals surface area contributed by atoms with E-state index in [1.807, 2.05) is 49.4 Å². The van der Waals surface area contributed by atoms with Crippen LogP contribution in [-0.2, 0) is 0 Å². The number of rotatable bonds is 10. The summed E-state index contributed by atoms with van der Waals surface area (Å²) in [4.78, 5) is 20.5. The molecule has 7 heteroatoms. The summed E-state index contributed by atoms with van der Waals surface area (Å²) in [6, 6.07) is 16.2. The highest BCUT2D eigenvalue weighted by atomic mass is 32.1. The summed E-state index contributed by atoms with van der Waals surface area (Å²) in [7, 11) is 1.61. The van der Waals surface area contributed by atoms with Crippen molar-refractivity contribution in [1.29, 1.82) is 0 Å². The molecule has 1 amide bonds. The summed E-state index contributed by atoms with van der Waals surface area (Å²) in [5.74, 6) is 1.05. The number of anilines is 1. The van der Waals surface area contributed by atoms with Crippen LogP contribution < -0.4 is 14.8 Å². The van der Waals surface area contributed by atoms with E-state index in [4.69, 9.17) is 9.47 Å². The SMILES string of the molecule is COc1ccc(NC(=O)c2sc(-c3ccccc3)nc2C)cc1OCCN(C(C)C)C(C)C. The third-order valence-corrected chi connectivity index (χ3v) is 6.58. The number of thiazole rings is 1. The fraction of sp³-hybridized carbons (Fsp3) is 0.385. The molecule has 1 aromatic heterocycles. The number of carbonyl (C=O) groups excluding carboxylic acids is 1. The lowest BCUT2D eigenvalue weighted by atomic mass is 10.2. The highest BCUT2D eigenvalue weighted by molar-refractivity contribution is 7.17. The van der Waals surface area contributed by atoms with E-state index in [0.717, 1.165) is 17.1 Å². The van der Waals surface area contributed by atoms with Crippen LogP contribution in [0.15, 0.2) is 48.5 Å². The molecular weight excluding hydrogens is 434 g/mol. The van der Waals surface area contributed by atoms with Crippen molar-refractivity contribution in [3.8, 4) is 22.1 Å². The second-order valence-electron chi connectivity index (χ2n) is 8.39. The molecule has 0 aliphatic rings. The van der Waals surface area contributed by atoms with Crippen LogP contribution in [0.2, 0.25) is 0 Å². The average molecular weight is 468 g/mol. The molecule has 3 rings (SSSR count). The number of ether oxygens (including phenoxy) is 2. The summed E-state index contributed by atoms with van der Waals surface area (Å²) in [5.41, 5.74) is 2.36. The van der Waals surface area contributed by atoms with Gasteiger partial charge in [-0.1, -0.05) is 30.3 Å². The van der Waals surface area contributed by atoms with Gasteiger partial charge in [0, 0.05) is 35.9 Å². The fourth-order valence-electron chi connectivity index (χ4n) is 3.74. The molecule has 0 atom stereocenters. The van der Waals surface area contributed by atoms with Crippen molar-refractivity contribution in [3.63, 3.8) is 0 Å². The van der Waals surface area contributed by atoms with Crippen molar-refractivity contribution >= 4 is 22.9 Å². The monoisotopic (exact) mass is 467 g/mol. The maximum Gasteiger partial charge on any atom is 0.267 e. The maximum absolute atomic E-state index is 13.0. The molecule has 0 aliphatic heterocycles. The first-order valence-electron chi connectivity index (χ1n) is 11.2. The molecule has 0 saturated carbocycles. The number of carbonyl (C=O) groups is 1. The maximum atomic E-state index is 13.0. The second-order valence-corrected chi connectivity index (χ2v) is 9.39. The molecule has 0 fully saturated rings. The van der Waals surface area contributed by atoms with Gasteiger partial charge in [-0.2, -0.15) is 0 Å². The molecule has 0 bridgehead atoms. The molecule has 0 spiro atoms. The lowest BCUT2D eigenvalue weighted by molar-refractivity contribution is 0.102. The number of methoxy groups -OCH3 is 1. The Bertz CT molecular complexity index is 1060. The molecule has 176 valence electrons. The van der Waals surface area contributed by atoms with E-state index in [1.165, 1.54) is 11.3 Å². The lowest BCUT2D eigenvalue weighted by Crippen LogP contribution is -2.39. The van der Waals surface area contributed by atoms with Crippen molar-refractivity contribution in [3.05, 3.63) is 59.1 Å². The highest BCUT2D eigenvalue weighted by Crippen LogP contribution is 2.32. The van der Waals surface area contributed by atoms with E-state index in [2.05, 4.69) is 42.9 Å². The number of amides is 1. The van der Waals surface area contributed by atoms with Gasteiger partial charge < -0.3 is 14.8 Å². The molecule has 0 saturated heterocycles. The Labute approximate surface area is 200 Å². The number of nitrogens with one attached hydrogen (secondary N) is 1. The van der Waals surface area contributed by atoms with Crippen LogP contribution in [0.1, 0.15) is 43.1 Å². The van der Waals surface area contributed by atoms with Gasteiger partial charge in [0.25, 0.3) is 5.91 Å². The first kappa shape index (κ1) is 24.7. The van der Waals surface area contributed by atoms with Gasteiger partial charge in [0.15, 0.2) is 11.5 Å². The second kappa shape index (κ2) is 11.3. The van der Waals surface area contributed by atoms with Gasteiger partial charge in [0.1, 0.15) is 16.5 Å². The first-order valence-corrected chi connectivity index (χ1v) is 12.0. The van der Waals surface area contributed by atoms with E-state index >= 15 is 0 Å². The number of aryl methyl sites for hydroxylation is 1. The zero-order valence-electron chi connectivity index (χ0n) is 20.2. The number of benzene rings is 2. The summed E-state index contributed by atoms with van der Waals surface area (Å²) < 4.78 is 11.5. The fourth-order valence-corrected chi connectivity index (χ4v) is 4.71. The van der Waals surface area contributed by atoms with Gasteiger partial charge in [-0.15, -0.1) is 11.3 Å². The Balaban J connectivity index is 1.71. The van der Waals surface area contributed by atoms with Crippen molar-refractivity contribution in [2.24, 2.45) is 0 Å². The van der Waals surface area contributed by atoms with Crippen LogP contribution in [0.5, 0.6) is 11.5 Å². The standard InChI is InChI=1S/C26H33N3O3S/c1-17(2)29(18(3)4)14-15-32-23-16-21(12-13-22(23)31-6)28-25(30)24-19(5)27-26(33-24)20-10-8-7-9-11-20/h7-13,16-18H,14-15H2,1-6H3,(H,28,30). The van der Waals surface area contributed by atoms with E-state index in [0.29, 0.717) is 46.4 Å². The molecule has 2 aromatic carbocycles. The quantitative estimate of drug-likeness (QED) is 0.404. The van der Waals surface area contributed by atoms with Crippen molar-refractivity contribution in [2.45, 2.75) is 46.7 Å². The Morgan fingerprint density at radius 2 is 1.76 bits per heavy atom. The zero-order chi connectivity index (χ0) is 24.0. The van der Waals surface area contributed by atoms with Gasteiger partial charge in [0.2, 0.25) is 0 Å². The molecule has 1 N–H and O–H groups in total. The van der Waals surface area contributed by atoms with Crippen molar-refractivity contribution in [2.75, 3.05) is 25.6 Å². The van der Waals surface area contributed by atoms with Crippen LogP contribution in [0.3, 0.4) is 0 Å². The van der Waals surface area contributed by atoms with Crippen LogP contribution in [0, 0.1) is 6.92 Å². The highest BCUT2D eigenvalue weighted by Gasteiger charge is 2.18. The van der Waals surface area contributed by atoms with Gasteiger partial charge in [-0.05, 0) is 46.8 Å². The summed E-state index contributed by atoms with van der Waals surface area (Å²) >= 11 is 1.39. The largest absolute Gasteiger partial charge is 0.493 e. The minimum absolute atomic E-state index is 0.186. The topological polar surface area (TPSA) is 63.7 Å². The third-order valence-electron chi connectivity index (χ3n) is 5.38. The van der Waals surface area contributed by atoms with Crippen molar-refractivity contribution in [1.82, 2.24) is 9.88 Å². The number of hydrogen-bond acceptors (Lipinski definition) is 6. The molecule has 33 heavy (non-hydrogen) atoms. The summed E-state index contributed by atoms with van der Waals surface area (Å²) in [6.07, 6.45) is 0. The molecule has 1 heterocycles. The minimum atomic E-state index is -0.186. The van der Waals surface area contributed by atoms with Crippen LogP contribution in [-0.4, -0.2) is 48.1 Å². The average Bonchev–Trinajstić information content (AvgIpc) is 3.18. The minimum Gasteiger partial charge on any atom is -0.493 e. The first-order chi connectivity index (χ1) is 15.8. The normalized spacial score (nSPS) is 11.3. The van der Waals surface area contributed by atoms with E-state index in [-0.39, 0.29) is 5.91 Å². The summed E-state index contributed by atoms with van der Waals surface area (Å²) in [6.45, 7) is 11.9. The molecule has 0 aliphatic carbocycles.